The van der Waals surface area contributed by atoms with Crippen LogP contribution in [-0.2, 0) is 0 Å². The van der Waals surface area contributed by atoms with E-state index in [4.69, 9.17) is 0 Å². The van der Waals surface area contributed by atoms with Crippen LogP contribution >= 0.6 is 0 Å². The molecule has 0 aromatic rings. The largest absolute Gasteiger partial charge is 0.287 e. The molecular weight excluding hydrogens is 136 g/mol. The monoisotopic (exact) mass is 156 g/mol. The van der Waals surface area contributed by atoms with Crippen molar-refractivity contribution in [3.8, 4) is 0 Å². The van der Waals surface area contributed by atoms with E-state index in [-0.39, 0.29) is 0 Å². The number of rotatable bonds is 2. The molecule has 0 aliphatic carbocycles. The third-order valence-corrected chi connectivity index (χ3v) is 3.02. The molecule has 1 heterocycles. The van der Waals surface area contributed by atoms with Crippen molar-refractivity contribution in [1.29, 1.82) is 0 Å². The second-order valence-electron chi connectivity index (χ2n) is 3.45. The molecule has 1 aliphatic rings. The average Bonchev–Trinajstić information content (AvgIpc) is 2.30. The molecule has 1 saturated heterocycles. The average molecular weight is 156 g/mol. The molecule has 0 radical (unpaired) electrons. The maximum atomic E-state index is 2.52. The van der Waals surface area contributed by atoms with Gasteiger partial charge in [0.1, 0.15) is 0 Å². The Morgan fingerprint density at radius 1 is 1.36 bits per heavy atom. The molecule has 0 bridgehead atoms. The van der Waals surface area contributed by atoms with Gasteiger partial charge in [0.05, 0.1) is 6.17 Å². The molecule has 0 spiro atoms. The van der Waals surface area contributed by atoms with Gasteiger partial charge < -0.3 is 0 Å². The van der Waals surface area contributed by atoms with Gasteiger partial charge in [0.2, 0.25) is 0 Å². The summed E-state index contributed by atoms with van der Waals surface area (Å²) in [6, 6.07) is 0.782. The summed E-state index contributed by atoms with van der Waals surface area (Å²) in [5, 5.41) is 0. The van der Waals surface area contributed by atoms with Crippen molar-refractivity contribution < 1.29 is 0 Å². The summed E-state index contributed by atoms with van der Waals surface area (Å²) in [6.45, 7) is 9.24. The van der Waals surface area contributed by atoms with Crippen LogP contribution in [0.25, 0.3) is 0 Å². The van der Waals surface area contributed by atoms with Crippen LogP contribution in [0, 0.1) is 0 Å². The van der Waals surface area contributed by atoms with E-state index in [0.717, 1.165) is 6.04 Å². The van der Waals surface area contributed by atoms with Gasteiger partial charge in [-0.1, -0.05) is 13.8 Å². The lowest BCUT2D eigenvalue weighted by molar-refractivity contribution is 0.169. The maximum Gasteiger partial charge on any atom is 0.0594 e. The molecule has 0 saturated carbocycles. The van der Waals surface area contributed by atoms with E-state index in [0.29, 0.717) is 6.17 Å². The Balaban J connectivity index is 2.53. The second kappa shape index (κ2) is 3.55. The minimum Gasteiger partial charge on any atom is -0.287 e. The van der Waals surface area contributed by atoms with Gasteiger partial charge in [-0.25, -0.2) is 0 Å². The molecule has 0 N–H and O–H groups in total. The molecule has 1 aliphatic heterocycles. The molecule has 0 aromatic carbocycles. The van der Waals surface area contributed by atoms with Crippen LogP contribution in [-0.4, -0.2) is 42.1 Å². The van der Waals surface area contributed by atoms with Crippen LogP contribution in [0.3, 0.4) is 0 Å². The lowest BCUT2D eigenvalue weighted by Crippen LogP contribution is -2.34. The number of hydrogen-bond acceptors (Lipinski definition) is 2. The number of hydrogen-bond donors (Lipinski definition) is 0. The molecule has 0 aromatic heterocycles. The zero-order valence-corrected chi connectivity index (χ0v) is 8.17. The first-order valence-electron chi connectivity index (χ1n) is 4.66. The van der Waals surface area contributed by atoms with Crippen molar-refractivity contribution in [3.63, 3.8) is 0 Å². The van der Waals surface area contributed by atoms with E-state index >= 15 is 0 Å². The van der Waals surface area contributed by atoms with Gasteiger partial charge in [0.15, 0.2) is 0 Å². The molecular formula is C9H20N2. The van der Waals surface area contributed by atoms with Crippen molar-refractivity contribution in [2.24, 2.45) is 0 Å². The Morgan fingerprint density at radius 2 is 2.00 bits per heavy atom. The summed E-state index contributed by atoms with van der Waals surface area (Å²) in [7, 11) is 2.23. The predicted molar refractivity (Wildman–Crippen MR) is 48.6 cm³/mol. The van der Waals surface area contributed by atoms with E-state index in [1.54, 1.807) is 0 Å². The van der Waals surface area contributed by atoms with E-state index in [2.05, 4.69) is 37.6 Å². The fourth-order valence-corrected chi connectivity index (χ4v) is 1.93. The topological polar surface area (TPSA) is 6.48 Å². The first-order chi connectivity index (χ1) is 5.20. The highest BCUT2D eigenvalue weighted by molar-refractivity contribution is 4.84. The molecule has 11 heavy (non-hydrogen) atoms. The molecule has 2 heteroatoms. The summed E-state index contributed by atoms with van der Waals surface area (Å²) >= 11 is 0. The predicted octanol–water partition coefficient (Wildman–Crippen LogP) is 1.38. The normalized spacial score (nSPS) is 34.9. The van der Waals surface area contributed by atoms with Gasteiger partial charge >= 0.3 is 0 Å². The third kappa shape index (κ3) is 1.57. The standard InChI is InChI=1S/C9H20N2/c1-5-9-7-11(6-2)8(3)10(9)4/h8-9H,5-7H2,1-4H3. The van der Waals surface area contributed by atoms with Crippen LogP contribution in [0.2, 0.25) is 0 Å². The SMILES string of the molecule is CCC1CN(CC)C(C)N1C. The summed E-state index contributed by atoms with van der Waals surface area (Å²) in [5.41, 5.74) is 0. The summed E-state index contributed by atoms with van der Waals surface area (Å²) in [6.07, 6.45) is 1.92. The fourth-order valence-electron chi connectivity index (χ4n) is 1.93. The van der Waals surface area contributed by atoms with Crippen LogP contribution < -0.4 is 0 Å². The first-order valence-corrected chi connectivity index (χ1v) is 4.66. The lowest BCUT2D eigenvalue weighted by atomic mass is 10.2. The highest BCUT2D eigenvalue weighted by Gasteiger charge is 2.31. The number of likely N-dealkylation sites (N-methyl/N-ethyl adjacent to an activating group) is 2. The van der Waals surface area contributed by atoms with Gasteiger partial charge in [-0.2, -0.15) is 0 Å². The highest BCUT2D eigenvalue weighted by atomic mass is 15.4. The van der Waals surface area contributed by atoms with Crippen LogP contribution in [0.15, 0.2) is 0 Å². The zero-order chi connectivity index (χ0) is 8.43. The molecule has 2 nitrogen and oxygen atoms in total. The highest BCUT2D eigenvalue weighted by Crippen LogP contribution is 2.19. The molecule has 66 valence electrons. The first kappa shape index (κ1) is 9.01. The quantitative estimate of drug-likeness (QED) is 0.596. The van der Waals surface area contributed by atoms with Crippen LogP contribution in [0.4, 0.5) is 0 Å². The molecule has 1 fully saturated rings. The van der Waals surface area contributed by atoms with Gasteiger partial charge in [0.25, 0.3) is 0 Å². The summed E-state index contributed by atoms with van der Waals surface area (Å²) in [5.74, 6) is 0. The zero-order valence-electron chi connectivity index (χ0n) is 8.17. The minimum absolute atomic E-state index is 0.643. The number of nitrogens with zero attached hydrogens (tertiary/aromatic N) is 2. The van der Waals surface area contributed by atoms with Gasteiger partial charge in [-0.3, -0.25) is 9.80 Å². The van der Waals surface area contributed by atoms with Gasteiger partial charge in [-0.15, -0.1) is 0 Å². The Kier molecular flexibility index (Phi) is 2.90. The molecule has 2 unspecified atom stereocenters. The Morgan fingerprint density at radius 3 is 2.27 bits per heavy atom. The lowest BCUT2D eigenvalue weighted by Gasteiger charge is -2.23. The fraction of sp³-hybridized carbons (Fsp3) is 1.00. The third-order valence-electron chi connectivity index (χ3n) is 3.02. The molecule has 2 atom stereocenters. The molecule has 0 amide bonds. The van der Waals surface area contributed by atoms with Crippen molar-refractivity contribution >= 4 is 0 Å². The van der Waals surface area contributed by atoms with E-state index < -0.39 is 0 Å². The van der Waals surface area contributed by atoms with E-state index in [1.807, 2.05) is 0 Å². The molecule has 1 rings (SSSR count). The van der Waals surface area contributed by atoms with Crippen molar-refractivity contribution in [3.05, 3.63) is 0 Å². The summed E-state index contributed by atoms with van der Waals surface area (Å²) in [4.78, 5) is 5.00. The minimum atomic E-state index is 0.643. The van der Waals surface area contributed by atoms with Gasteiger partial charge in [0, 0.05) is 12.6 Å². The van der Waals surface area contributed by atoms with Crippen LogP contribution in [0.5, 0.6) is 0 Å². The van der Waals surface area contributed by atoms with Crippen LogP contribution in [0.1, 0.15) is 27.2 Å². The van der Waals surface area contributed by atoms with Crippen molar-refractivity contribution in [2.75, 3.05) is 20.1 Å². The van der Waals surface area contributed by atoms with E-state index in [1.165, 1.54) is 19.5 Å². The Labute approximate surface area is 70.2 Å². The smallest absolute Gasteiger partial charge is 0.0594 e. The Hall–Kier alpha value is -0.0800. The Bertz CT molecular complexity index is 107. The maximum absolute atomic E-state index is 2.52. The van der Waals surface area contributed by atoms with Crippen molar-refractivity contribution in [2.45, 2.75) is 39.4 Å². The van der Waals surface area contributed by atoms with E-state index in [9.17, 15) is 0 Å². The van der Waals surface area contributed by atoms with Gasteiger partial charge in [-0.05, 0) is 26.9 Å². The van der Waals surface area contributed by atoms with Crippen molar-refractivity contribution in [1.82, 2.24) is 9.80 Å². The summed E-state index contributed by atoms with van der Waals surface area (Å²) < 4.78 is 0. The second-order valence-corrected chi connectivity index (χ2v) is 3.45.